The molecule has 0 saturated carbocycles. The molecule has 0 heterocycles. The van der Waals surface area contributed by atoms with Crippen molar-refractivity contribution in [3.8, 4) is 0 Å². The van der Waals surface area contributed by atoms with Gasteiger partial charge >= 0.3 is 5.97 Å². The van der Waals surface area contributed by atoms with Gasteiger partial charge in [0.15, 0.2) is 0 Å². The van der Waals surface area contributed by atoms with Crippen LogP contribution in [0.25, 0.3) is 0 Å². The van der Waals surface area contributed by atoms with Gasteiger partial charge in [0.1, 0.15) is 0 Å². The summed E-state index contributed by atoms with van der Waals surface area (Å²) in [5, 5.41) is 10.6. The summed E-state index contributed by atoms with van der Waals surface area (Å²) in [7, 11) is 1.30. The molecule has 1 aromatic rings. The number of hydrogen-bond donors (Lipinski definition) is 0. The Hall–Kier alpha value is -2.44. The van der Waals surface area contributed by atoms with Crippen molar-refractivity contribution in [2.24, 2.45) is 5.92 Å². The number of esters is 1. The fourth-order valence-corrected chi connectivity index (χ4v) is 1.87. The van der Waals surface area contributed by atoms with E-state index in [-0.39, 0.29) is 24.1 Å². The van der Waals surface area contributed by atoms with Gasteiger partial charge in [-0.05, 0) is 19.1 Å². The van der Waals surface area contributed by atoms with Gasteiger partial charge in [0.2, 0.25) is 0 Å². The van der Waals surface area contributed by atoms with Gasteiger partial charge in [0.05, 0.1) is 18.0 Å². The summed E-state index contributed by atoms with van der Waals surface area (Å²) in [5.74, 6) is -1.09. The summed E-state index contributed by atoms with van der Waals surface area (Å²) in [6, 6.07) is 5.38. The highest BCUT2D eigenvalue weighted by Crippen LogP contribution is 2.14. The standard InChI is InChI=1S/C14H18N2O5/c1-4-15(9-10(2)14(18)21-3)13(17)11-5-7-12(8-6-11)16(19)20/h5-8,10H,4,9H2,1-3H3. The van der Waals surface area contributed by atoms with Crippen molar-refractivity contribution in [3.05, 3.63) is 39.9 Å². The molecule has 0 N–H and O–H groups in total. The molecule has 0 aliphatic heterocycles. The smallest absolute Gasteiger partial charge is 0.310 e. The van der Waals surface area contributed by atoms with Gasteiger partial charge in [-0.2, -0.15) is 0 Å². The van der Waals surface area contributed by atoms with Crippen LogP contribution in [-0.4, -0.2) is 41.9 Å². The van der Waals surface area contributed by atoms with Gasteiger partial charge in [-0.15, -0.1) is 0 Å². The lowest BCUT2D eigenvalue weighted by atomic mass is 10.1. The summed E-state index contributed by atoms with van der Waals surface area (Å²) in [4.78, 5) is 35.3. The number of carbonyl (C=O) groups excluding carboxylic acids is 2. The number of nitro benzene ring substituents is 1. The molecule has 1 aromatic carbocycles. The van der Waals surface area contributed by atoms with Crippen LogP contribution in [0.4, 0.5) is 5.69 Å². The van der Waals surface area contributed by atoms with Crippen LogP contribution in [0.5, 0.6) is 0 Å². The molecule has 0 bridgehead atoms. The van der Waals surface area contributed by atoms with Crippen molar-refractivity contribution < 1.29 is 19.2 Å². The molecule has 0 spiro atoms. The van der Waals surface area contributed by atoms with Crippen LogP contribution in [0.2, 0.25) is 0 Å². The Balaban J connectivity index is 2.83. The lowest BCUT2D eigenvalue weighted by Gasteiger charge is -2.23. The molecule has 0 aromatic heterocycles. The molecule has 0 radical (unpaired) electrons. The first kappa shape index (κ1) is 16.6. The SMILES string of the molecule is CCN(CC(C)C(=O)OC)C(=O)c1ccc([N+](=O)[O-])cc1. The van der Waals surface area contributed by atoms with Crippen LogP contribution in [0.15, 0.2) is 24.3 Å². The highest BCUT2D eigenvalue weighted by Gasteiger charge is 2.21. The van der Waals surface area contributed by atoms with Crippen LogP contribution >= 0.6 is 0 Å². The predicted molar refractivity (Wildman–Crippen MR) is 75.9 cm³/mol. The van der Waals surface area contributed by atoms with Crippen LogP contribution < -0.4 is 0 Å². The van der Waals surface area contributed by atoms with Crippen LogP contribution in [0, 0.1) is 16.0 Å². The first-order valence-electron chi connectivity index (χ1n) is 6.52. The van der Waals surface area contributed by atoms with Gasteiger partial charge < -0.3 is 9.64 Å². The fraction of sp³-hybridized carbons (Fsp3) is 0.429. The van der Waals surface area contributed by atoms with E-state index in [1.165, 1.54) is 36.3 Å². The second-order valence-corrected chi connectivity index (χ2v) is 4.57. The van der Waals surface area contributed by atoms with Crippen molar-refractivity contribution in [2.75, 3.05) is 20.2 Å². The first-order valence-corrected chi connectivity index (χ1v) is 6.52. The minimum Gasteiger partial charge on any atom is -0.469 e. The highest BCUT2D eigenvalue weighted by molar-refractivity contribution is 5.94. The number of rotatable bonds is 6. The summed E-state index contributed by atoms with van der Waals surface area (Å²) in [6.07, 6.45) is 0. The number of non-ortho nitro benzene ring substituents is 1. The van der Waals surface area contributed by atoms with E-state index in [4.69, 9.17) is 0 Å². The van der Waals surface area contributed by atoms with E-state index < -0.39 is 10.8 Å². The second-order valence-electron chi connectivity index (χ2n) is 4.57. The van der Waals surface area contributed by atoms with Crippen molar-refractivity contribution in [1.82, 2.24) is 4.90 Å². The van der Waals surface area contributed by atoms with E-state index >= 15 is 0 Å². The zero-order chi connectivity index (χ0) is 16.0. The zero-order valence-corrected chi connectivity index (χ0v) is 12.2. The first-order chi connectivity index (χ1) is 9.90. The molecule has 21 heavy (non-hydrogen) atoms. The van der Waals surface area contributed by atoms with Gasteiger partial charge in [-0.25, -0.2) is 0 Å². The largest absolute Gasteiger partial charge is 0.469 e. The minimum absolute atomic E-state index is 0.0717. The molecule has 114 valence electrons. The second kappa shape index (κ2) is 7.37. The Morgan fingerprint density at radius 2 is 1.90 bits per heavy atom. The maximum absolute atomic E-state index is 12.3. The summed E-state index contributed by atoms with van der Waals surface area (Å²) < 4.78 is 4.63. The van der Waals surface area contributed by atoms with Crippen LogP contribution in [0.1, 0.15) is 24.2 Å². The number of methoxy groups -OCH3 is 1. The number of hydrogen-bond acceptors (Lipinski definition) is 5. The Kier molecular flexibility index (Phi) is 5.83. The highest BCUT2D eigenvalue weighted by atomic mass is 16.6. The molecule has 0 aliphatic rings. The van der Waals surface area contributed by atoms with Crippen molar-refractivity contribution >= 4 is 17.6 Å². The topological polar surface area (TPSA) is 89.8 Å². The molecule has 1 atom stereocenters. The number of amides is 1. The lowest BCUT2D eigenvalue weighted by molar-refractivity contribution is -0.384. The number of nitrogens with zero attached hydrogens (tertiary/aromatic N) is 2. The maximum Gasteiger partial charge on any atom is 0.310 e. The van der Waals surface area contributed by atoms with E-state index in [1.807, 2.05) is 0 Å². The van der Waals surface area contributed by atoms with E-state index in [1.54, 1.807) is 13.8 Å². The molecule has 0 aliphatic carbocycles. The average Bonchev–Trinajstić information content (AvgIpc) is 2.50. The molecule has 1 unspecified atom stereocenters. The molecular formula is C14H18N2O5. The Labute approximate surface area is 122 Å². The van der Waals surface area contributed by atoms with Crippen LogP contribution in [-0.2, 0) is 9.53 Å². The fourth-order valence-electron chi connectivity index (χ4n) is 1.87. The normalized spacial score (nSPS) is 11.6. The molecule has 1 amide bonds. The molecule has 0 saturated heterocycles. The Bertz CT molecular complexity index is 527. The molecule has 7 nitrogen and oxygen atoms in total. The molecule has 1 rings (SSSR count). The van der Waals surface area contributed by atoms with E-state index in [0.29, 0.717) is 12.1 Å². The van der Waals surface area contributed by atoms with Gasteiger partial charge in [0, 0.05) is 30.8 Å². The number of carbonyl (C=O) groups is 2. The molecule has 7 heteroatoms. The quantitative estimate of drug-likeness (QED) is 0.454. The number of benzene rings is 1. The van der Waals surface area contributed by atoms with Crippen molar-refractivity contribution in [2.45, 2.75) is 13.8 Å². The Morgan fingerprint density at radius 1 is 1.33 bits per heavy atom. The van der Waals surface area contributed by atoms with E-state index in [2.05, 4.69) is 4.74 Å². The third kappa shape index (κ3) is 4.27. The third-order valence-electron chi connectivity index (χ3n) is 3.09. The average molecular weight is 294 g/mol. The minimum atomic E-state index is -0.523. The summed E-state index contributed by atoms with van der Waals surface area (Å²) >= 11 is 0. The van der Waals surface area contributed by atoms with Crippen molar-refractivity contribution in [3.63, 3.8) is 0 Å². The zero-order valence-electron chi connectivity index (χ0n) is 12.2. The van der Waals surface area contributed by atoms with Gasteiger partial charge in [-0.3, -0.25) is 19.7 Å². The van der Waals surface area contributed by atoms with E-state index in [9.17, 15) is 19.7 Å². The number of nitro groups is 1. The van der Waals surface area contributed by atoms with E-state index in [0.717, 1.165) is 0 Å². The van der Waals surface area contributed by atoms with Gasteiger partial charge in [0.25, 0.3) is 11.6 Å². The molecule has 0 fully saturated rings. The van der Waals surface area contributed by atoms with Crippen molar-refractivity contribution in [1.29, 1.82) is 0 Å². The predicted octanol–water partition coefficient (Wildman–Crippen LogP) is 1.87. The number of ether oxygens (including phenoxy) is 1. The summed E-state index contributed by atoms with van der Waals surface area (Å²) in [6.45, 7) is 4.14. The Morgan fingerprint density at radius 3 is 2.33 bits per heavy atom. The summed E-state index contributed by atoms with van der Waals surface area (Å²) in [5.41, 5.74) is 0.275. The lowest BCUT2D eigenvalue weighted by Crippen LogP contribution is -2.37. The van der Waals surface area contributed by atoms with Gasteiger partial charge in [-0.1, -0.05) is 6.92 Å². The molecular weight excluding hydrogens is 276 g/mol. The maximum atomic E-state index is 12.3. The monoisotopic (exact) mass is 294 g/mol. The third-order valence-corrected chi connectivity index (χ3v) is 3.09. The van der Waals surface area contributed by atoms with Crippen LogP contribution in [0.3, 0.4) is 0 Å².